The summed E-state index contributed by atoms with van der Waals surface area (Å²) < 4.78 is 13.0. The summed E-state index contributed by atoms with van der Waals surface area (Å²) in [6.07, 6.45) is 8.15. The molecule has 1 aromatic heterocycles. The summed E-state index contributed by atoms with van der Waals surface area (Å²) in [6.45, 7) is 2.23. The largest absolute Gasteiger partial charge is 0.302 e. The van der Waals surface area contributed by atoms with Crippen LogP contribution in [-0.2, 0) is 4.79 Å². The van der Waals surface area contributed by atoms with E-state index in [1.54, 1.807) is 12.1 Å². The van der Waals surface area contributed by atoms with Crippen LogP contribution in [0, 0.1) is 17.7 Å². The Bertz CT molecular complexity index is 690. The maximum Gasteiger partial charge on any atom is 0.229 e. The summed E-state index contributed by atoms with van der Waals surface area (Å²) in [5, 5.41) is 5.48. The van der Waals surface area contributed by atoms with E-state index in [0.717, 1.165) is 42.9 Å². The highest BCUT2D eigenvalue weighted by Crippen LogP contribution is 2.33. The van der Waals surface area contributed by atoms with Gasteiger partial charge in [-0.2, -0.15) is 0 Å². The molecule has 1 saturated carbocycles. The third-order valence-electron chi connectivity index (χ3n) is 5.06. The number of carbonyl (C=O) groups excluding carboxylic acids is 1. The van der Waals surface area contributed by atoms with Gasteiger partial charge in [0.1, 0.15) is 5.82 Å². The van der Waals surface area contributed by atoms with E-state index in [1.807, 2.05) is 5.38 Å². The van der Waals surface area contributed by atoms with Crippen LogP contribution in [0.2, 0.25) is 0 Å². The maximum atomic E-state index is 13.0. The zero-order valence-electron chi connectivity index (χ0n) is 14.6. The highest BCUT2D eigenvalue weighted by molar-refractivity contribution is 7.14. The van der Waals surface area contributed by atoms with Crippen molar-refractivity contribution < 1.29 is 9.18 Å². The summed E-state index contributed by atoms with van der Waals surface area (Å²) in [6, 6.07) is 6.25. The van der Waals surface area contributed by atoms with Crippen LogP contribution in [-0.4, -0.2) is 10.9 Å². The van der Waals surface area contributed by atoms with Crippen LogP contribution in [0.3, 0.4) is 0 Å². The molecular weight excluding hydrogens is 335 g/mol. The van der Waals surface area contributed by atoms with E-state index in [-0.39, 0.29) is 17.6 Å². The van der Waals surface area contributed by atoms with Gasteiger partial charge in [0.05, 0.1) is 5.69 Å². The van der Waals surface area contributed by atoms with E-state index >= 15 is 0 Å². The standard InChI is InChI=1S/C20H25FN2OS/c1-2-3-4-14-5-7-16(8-6-14)19(24)23-20-22-18(13-25-20)15-9-11-17(21)12-10-15/h9-14,16H,2-8H2,1H3,(H,22,23,24). The molecule has 25 heavy (non-hydrogen) atoms. The highest BCUT2D eigenvalue weighted by atomic mass is 32.1. The SMILES string of the molecule is CCCCC1CCC(C(=O)Nc2nc(-c3ccc(F)cc3)cs2)CC1. The molecule has 0 saturated heterocycles. The van der Waals surface area contributed by atoms with E-state index in [9.17, 15) is 9.18 Å². The van der Waals surface area contributed by atoms with Crippen molar-refractivity contribution in [2.75, 3.05) is 5.32 Å². The fourth-order valence-corrected chi connectivity index (χ4v) is 4.22. The lowest BCUT2D eigenvalue weighted by Crippen LogP contribution is -2.27. The molecule has 0 unspecified atom stereocenters. The Kier molecular flexibility index (Phi) is 6.19. The van der Waals surface area contributed by atoms with Gasteiger partial charge in [-0.1, -0.05) is 26.2 Å². The Hall–Kier alpha value is -1.75. The van der Waals surface area contributed by atoms with Crippen molar-refractivity contribution in [3.8, 4) is 11.3 Å². The second-order valence-electron chi connectivity index (χ2n) is 6.89. The van der Waals surface area contributed by atoms with Gasteiger partial charge >= 0.3 is 0 Å². The molecule has 0 atom stereocenters. The number of rotatable bonds is 6. The van der Waals surface area contributed by atoms with Crippen molar-refractivity contribution in [2.45, 2.75) is 51.9 Å². The molecule has 134 valence electrons. The van der Waals surface area contributed by atoms with Crippen LogP contribution in [0.25, 0.3) is 11.3 Å². The number of hydrogen-bond acceptors (Lipinski definition) is 3. The van der Waals surface area contributed by atoms with Gasteiger partial charge in [-0.25, -0.2) is 9.37 Å². The van der Waals surface area contributed by atoms with Gasteiger partial charge in [0.25, 0.3) is 0 Å². The normalized spacial score (nSPS) is 20.4. The molecule has 1 fully saturated rings. The Balaban J connectivity index is 1.53. The molecule has 5 heteroatoms. The monoisotopic (exact) mass is 360 g/mol. The van der Waals surface area contributed by atoms with Gasteiger partial charge in [-0.3, -0.25) is 4.79 Å². The summed E-state index contributed by atoms with van der Waals surface area (Å²) in [5.41, 5.74) is 1.62. The molecular formula is C20H25FN2OS. The number of hydrogen-bond donors (Lipinski definition) is 1. The molecule has 3 rings (SSSR count). The Labute approximate surface area is 152 Å². The van der Waals surface area contributed by atoms with E-state index < -0.39 is 0 Å². The number of thiazole rings is 1. The first-order valence-corrected chi connectivity index (χ1v) is 10.1. The number of nitrogens with zero attached hydrogens (tertiary/aromatic N) is 1. The van der Waals surface area contributed by atoms with Crippen molar-refractivity contribution in [1.82, 2.24) is 4.98 Å². The van der Waals surface area contributed by atoms with Crippen molar-refractivity contribution in [3.05, 3.63) is 35.5 Å². The number of benzene rings is 1. The lowest BCUT2D eigenvalue weighted by atomic mass is 9.79. The molecule has 0 bridgehead atoms. The van der Waals surface area contributed by atoms with E-state index in [4.69, 9.17) is 0 Å². The average Bonchev–Trinajstić information content (AvgIpc) is 3.09. The first kappa shape index (κ1) is 18.1. The van der Waals surface area contributed by atoms with E-state index in [1.165, 1.54) is 42.7 Å². The molecule has 1 aromatic carbocycles. The molecule has 1 N–H and O–H groups in total. The van der Waals surface area contributed by atoms with Crippen LogP contribution in [0.5, 0.6) is 0 Å². The number of carbonyl (C=O) groups is 1. The summed E-state index contributed by atoms with van der Waals surface area (Å²) in [7, 11) is 0. The Morgan fingerprint density at radius 1 is 1.24 bits per heavy atom. The molecule has 1 heterocycles. The van der Waals surface area contributed by atoms with E-state index in [0.29, 0.717) is 5.13 Å². The van der Waals surface area contributed by atoms with Gasteiger partial charge in [-0.15, -0.1) is 11.3 Å². The van der Waals surface area contributed by atoms with Gasteiger partial charge in [0, 0.05) is 16.9 Å². The predicted molar refractivity (Wildman–Crippen MR) is 101 cm³/mol. The number of anilines is 1. The third-order valence-corrected chi connectivity index (χ3v) is 5.82. The number of unbranched alkanes of at least 4 members (excludes halogenated alkanes) is 1. The fraction of sp³-hybridized carbons (Fsp3) is 0.500. The minimum absolute atomic E-state index is 0.0916. The lowest BCUT2D eigenvalue weighted by Gasteiger charge is -2.27. The van der Waals surface area contributed by atoms with E-state index in [2.05, 4.69) is 17.2 Å². The summed E-state index contributed by atoms with van der Waals surface area (Å²) in [4.78, 5) is 16.9. The lowest BCUT2D eigenvalue weighted by molar-refractivity contribution is -0.121. The van der Waals surface area contributed by atoms with Gasteiger partial charge in [0.15, 0.2) is 5.13 Å². The number of nitrogens with one attached hydrogen (secondary N) is 1. The molecule has 0 radical (unpaired) electrons. The van der Waals surface area contributed by atoms with Crippen LogP contribution in [0.1, 0.15) is 51.9 Å². The summed E-state index contributed by atoms with van der Waals surface area (Å²) in [5.74, 6) is 0.737. The third kappa shape index (κ3) is 4.88. The topological polar surface area (TPSA) is 42.0 Å². The smallest absolute Gasteiger partial charge is 0.229 e. The molecule has 1 amide bonds. The second kappa shape index (κ2) is 8.56. The van der Waals surface area contributed by atoms with Gasteiger partial charge in [0.2, 0.25) is 5.91 Å². The fourth-order valence-electron chi connectivity index (χ4n) is 3.50. The van der Waals surface area contributed by atoms with Crippen LogP contribution in [0.4, 0.5) is 9.52 Å². The zero-order valence-corrected chi connectivity index (χ0v) is 15.4. The number of halogens is 1. The van der Waals surface area contributed by atoms with Crippen molar-refractivity contribution in [2.24, 2.45) is 11.8 Å². The first-order valence-electron chi connectivity index (χ1n) is 9.18. The predicted octanol–water partition coefficient (Wildman–Crippen LogP) is 5.88. The second-order valence-corrected chi connectivity index (χ2v) is 7.75. The van der Waals surface area contributed by atoms with Crippen LogP contribution in [0.15, 0.2) is 29.6 Å². The average molecular weight is 360 g/mol. The Morgan fingerprint density at radius 2 is 1.96 bits per heavy atom. The zero-order chi connectivity index (χ0) is 17.6. The Morgan fingerprint density at radius 3 is 2.64 bits per heavy atom. The van der Waals surface area contributed by atoms with Crippen LogP contribution < -0.4 is 5.32 Å². The maximum absolute atomic E-state index is 13.0. The minimum Gasteiger partial charge on any atom is -0.302 e. The molecule has 2 aromatic rings. The van der Waals surface area contributed by atoms with Crippen LogP contribution >= 0.6 is 11.3 Å². The molecule has 1 aliphatic rings. The molecule has 0 spiro atoms. The molecule has 0 aliphatic heterocycles. The van der Waals surface area contributed by atoms with Gasteiger partial charge in [-0.05, 0) is 55.9 Å². The number of amides is 1. The quantitative estimate of drug-likeness (QED) is 0.698. The first-order chi connectivity index (χ1) is 12.2. The molecule has 3 nitrogen and oxygen atoms in total. The van der Waals surface area contributed by atoms with Crippen molar-refractivity contribution in [1.29, 1.82) is 0 Å². The minimum atomic E-state index is -0.262. The van der Waals surface area contributed by atoms with Crippen molar-refractivity contribution >= 4 is 22.4 Å². The number of aromatic nitrogens is 1. The van der Waals surface area contributed by atoms with Gasteiger partial charge < -0.3 is 5.32 Å². The van der Waals surface area contributed by atoms with Crippen molar-refractivity contribution in [3.63, 3.8) is 0 Å². The molecule has 1 aliphatic carbocycles. The highest BCUT2D eigenvalue weighted by Gasteiger charge is 2.26. The summed E-state index contributed by atoms with van der Waals surface area (Å²) >= 11 is 1.42.